The maximum absolute atomic E-state index is 10.8. The van der Waals surface area contributed by atoms with Gasteiger partial charge in [-0.2, -0.15) is 0 Å². The lowest BCUT2D eigenvalue weighted by molar-refractivity contribution is 0.112. The predicted molar refractivity (Wildman–Crippen MR) is 108 cm³/mol. The number of rotatable bonds is 7. The van der Waals surface area contributed by atoms with E-state index in [0.717, 1.165) is 67.7 Å². The van der Waals surface area contributed by atoms with Gasteiger partial charge >= 0.3 is 0 Å². The van der Waals surface area contributed by atoms with Crippen LogP contribution >= 0.6 is 0 Å². The van der Waals surface area contributed by atoms with E-state index >= 15 is 0 Å². The SMILES string of the molecule is COc1c2c(cc3c1C(CCCCc1ccc(C=O)cc1)N(C)CC3)OCO2. The van der Waals surface area contributed by atoms with Crippen molar-refractivity contribution in [2.45, 2.75) is 38.1 Å². The molecule has 2 aliphatic heterocycles. The molecule has 148 valence electrons. The van der Waals surface area contributed by atoms with E-state index in [0.29, 0.717) is 6.04 Å². The Morgan fingerprint density at radius 2 is 2.04 bits per heavy atom. The summed E-state index contributed by atoms with van der Waals surface area (Å²) in [6, 6.07) is 10.3. The van der Waals surface area contributed by atoms with E-state index in [1.165, 1.54) is 16.7 Å². The molecule has 0 saturated heterocycles. The highest BCUT2D eigenvalue weighted by Gasteiger charge is 2.33. The topological polar surface area (TPSA) is 48.0 Å². The molecule has 0 N–H and O–H groups in total. The molecule has 5 nitrogen and oxygen atoms in total. The first-order valence-electron chi connectivity index (χ1n) is 9.95. The van der Waals surface area contributed by atoms with E-state index in [9.17, 15) is 4.79 Å². The van der Waals surface area contributed by atoms with Gasteiger partial charge in [-0.15, -0.1) is 0 Å². The van der Waals surface area contributed by atoms with Crippen LogP contribution in [0.2, 0.25) is 0 Å². The third-order valence-corrected chi connectivity index (χ3v) is 5.86. The fourth-order valence-corrected chi connectivity index (χ4v) is 4.32. The Morgan fingerprint density at radius 3 is 2.79 bits per heavy atom. The van der Waals surface area contributed by atoms with Crippen molar-refractivity contribution in [2.75, 3.05) is 27.5 Å². The molecule has 0 fully saturated rings. The van der Waals surface area contributed by atoms with E-state index < -0.39 is 0 Å². The second kappa shape index (κ2) is 8.23. The number of unbranched alkanes of at least 4 members (excludes halogenated alkanes) is 1. The number of likely N-dealkylation sites (N-methyl/N-ethyl adjacent to an activating group) is 1. The van der Waals surface area contributed by atoms with Gasteiger partial charge in [-0.05, 0) is 49.9 Å². The average Bonchev–Trinajstić information content (AvgIpc) is 3.19. The highest BCUT2D eigenvalue weighted by molar-refractivity contribution is 5.74. The van der Waals surface area contributed by atoms with Crippen LogP contribution in [0.4, 0.5) is 0 Å². The molecule has 2 heterocycles. The normalized spacial score (nSPS) is 18.0. The number of methoxy groups -OCH3 is 1. The second-order valence-corrected chi connectivity index (χ2v) is 7.57. The van der Waals surface area contributed by atoms with E-state index in [1.54, 1.807) is 7.11 Å². The minimum atomic E-state index is 0.262. The molecular formula is C23H27NO4. The van der Waals surface area contributed by atoms with Crippen LogP contribution in [0.1, 0.15) is 52.4 Å². The Labute approximate surface area is 166 Å². The van der Waals surface area contributed by atoms with Crippen molar-refractivity contribution in [1.82, 2.24) is 4.90 Å². The summed E-state index contributed by atoms with van der Waals surface area (Å²) in [4.78, 5) is 13.2. The van der Waals surface area contributed by atoms with Gasteiger partial charge in [-0.3, -0.25) is 9.69 Å². The number of hydrogen-bond donors (Lipinski definition) is 0. The molecule has 0 radical (unpaired) electrons. The van der Waals surface area contributed by atoms with Crippen molar-refractivity contribution < 1.29 is 19.0 Å². The van der Waals surface area contributed by atoms with Crippen LogP contribution in [0.25, 0.3) is 0 Å². The van der Waals surface area contributed by atoms with Gasteiger partial charge in [-0.1, -0.05) is 30.7 Å². The fraction of sp³-hybridized carbons (Fsp3) is 0.435. The molecule has 2 aromatic rings. The van der Waals surface area contributed by atoms with Crippen LogP contribution in [0.5, 0.6) is 17.2 Å². The lowest BCUT2D eigenvalue weighted by atomic mass is 9.88. The number of carbonyl (C=O) groups is 1. The van der Waals surface area contributed by atoms with Gasteiger partial charge in [0.25, 0.3) is 0 Å². The molecular weight excluding hydrogens is 354 g/mol. The number of carbonyl (C=O) groups excluding carboxylic acids is 1. The number of aldehydes is 1. The van der Waals surface area contributed by atoms with Crippen LogP contribution in [-0.2, 0) is 12.8 Å². The van der Waals surface area contributed by atoms with Crippen molar-refractivity contribution in [3.05, 3.63) is 52.6 Å². The highest BCUT2D eigenvalue weighted by atomic mass is 16.7. The van der Waals surface area contributed by atoms with Gasteiger partial charge in [0.2, 0.25) is 12.5 Å². The van der Waals surface area contributed by atoms with Crippen molar-refractivity contribution in [3.63, 3.8) is 0 Å². The lowest BCUT2D eigenvalue weighted by Crippen LogP contribution is -2.32. The number of ether oxygens (including phenoxy) is 3. The monoisotopic (exact) mass is 381 g/mol. The molecule has 1 unspecified atom stereocenters. The summed E-state index contributed by atoms with van der Waals surface area (Å²) < 4.78 is 17.0. The van der Waals surface area contributed by atoms with E-state index in [2.05, 4.69) is 30.1 Å². The Morgan fingerprint density at radius 1 is 1.21 bits per heavy atom. The zero-order valence-electron chi connectivity index (χ0n) is 16.6. The van der Waals surface area contributed by atoms with Crippen molar-refractivity contribution >= 4 is 6.29 Å². The summed E-state index contributed by atoms with van der Waals surface area (Å²) in [5.41, 5.74) is 4.59. The zero-order chi connectivity index (χ0) is 19.5. The summed E-state index contributed by atoms with van der Waals surface area (Å²) in [6.07, 6.45) is 6.23. The summed E-state index contributed by atoms with van der Waals surface area (Å²) in [5, 5.41) is 0. The first kappa shape index (κ1) is 18.8. The number of aryl methyl sites for hydroxylation is 1. The minimum absolute atomic E-state index is 0.262. The summed E-state index contributed by atoms with van der Waals surface area (Å²) >= 11 is 0. The molecule has 0 aliphatic carbocycles. The third kappa shape index (κ3) is 3.59. The first-order valence-corrected chi connectivity index (χ1v) is 9.95. The van der Waals surface area contributed by atoms with Gasteiger partial charge in [0, 0.05) is 23.7 Å². The Bertz CT molecular complexity index is 847. The molecule has 5 heteroatoms. The quantitative estimate of drug-likeness (QED) is 0.532. The maximum Gasteiger partial charge on any atom is 0.231 e. The van der Waals surface area contributed by atoms with Crippen LogP contribution < -0.4 is 14.2 Å². The largest absolute Gasteiger partial charge is 0.492 e. The van der Waals surface area contributed by atoms with Crippen molar-refractivity contribution in [3.8, 4) is 17.2 Å². The van der Waals surface area contributed by atoms with E-state index in [-0.39, 0.29) is 6.79 Å². The zero-order valence-corrected chi connectivity index (χ0v) is 16.6. The Hall–Kier alpha value is -2.53. The molecule has 4 rings (SSSR count). The minimum Gasteiger partial charge on any atom is -0.492 e. The number of hydrogen-bond acceptors (Lipinski definition) is 5. The van der Waals surface area contributed by atoms with Crippen molar-refractivity contribution in [2.24, 2.45) is 0 Å². The average molecular weight is 381 g/mol. The van der Waals surface area contributed by atoms with Crippen LogP contribution in [-0.4, -0.2) is 38.7 Å². The van der Waals surface area contributed by atoms with E-state index in [4.69, 9.17) is 14.2 Å². The molecule has 2 aromatic carbocycles. The molecule has 1 atom stereocenters. The van der Waals surface area contributed by atoms with Crippen LogP contribution in [0, 0.1) is 0 Å². The smallest absolute Gasteiger partial charge is 0.231 e. The first-order chi connectivity index (χ1) is 13.7. The van der Waals surface area contributed by atoms with Gasteiger partial charge in [0.1, 0.15) is 6.29 Å². The van der Waals surface area contributed by atoms with Gasteiger partial charge in [0.05, 0.1) is 7.11 Å². The maximum atomic E-state index is 10.8. The van der Waals surface area contributed by atoms with E-state index in [1.807, 2.05) is 12.1 Å². The Kier molecular flexibility index (Phi) is 5.53. The van der Waals surface area contributed by atoms with Crippen molar-refractivity contribution in [1.29, 1.82) is 0 Å². The predicted octanol–water partition coefficient (Wildman–Crippen LogP) is 4.18. The number of benzene rings is 2. The molecule has 0 amide bonds. The van der Waals surface area contributed by atoms with Crippen LogP contribution in [0.15, 0.2) is 30.3 Å². The highest BCUT2D eigenvalue weighted by Crippen LogP contribution is 2.50. The molecule has 0 spiro atoms. The lowest BCUT2D eigenvalue weighted by Gasteiger charge is -2.36. The van der Waals surface area contributed by atoms with Gasteiger partial charge in [0.15, 0.2) is 11.5 Å². The van der Waals surface area contributed by atoms with Crippen LogP contribution in [0.3, 0.4) is 0 Å². The number of nitrogens with zero attached hydrogens (tertiary/aromatic N) is 1. The number of fused-ring (bicyclic) bond motifs is 2. The summed E-state index contributed by atoms with van der Waals surface area (Å²) in [7, 11) is 3.90. The molecule has 0 bridgehead atoms. The molecule has 28 heavy (non-hydrogen) atoms. The summed E-state index contributed by atoms with van der Waals surface area (Å²) in [6.45, 7) is 1.30. The standard InChI is InChI=1S/C23H27NO4/c1-24-12-11-18-13-20-22(28-15-27-20)23(26-2)21(18)19(24)6-4-3-5-16-7-9-17(14-25)10-8-16/h7-10,13-14,19H,3-6,11-12,15H2,1-2H3. The van der Waals surface area contributed by atoms with Gasteiger partial charge in [-0.25, -0.2) is 0 Å². The molecule has 0 saturated carbocycles. The molecule has 0 aromatic heterocycles. The second-order valence-electron chi connectivity index (χ2n) is 7.57. The summed E-state index contributed by atoms with van der Waals surface area (Å²) in [5.74, 6) is 2.39. The Balaban J connectivity index is 1.45. The fourth-order valence-electron chi connectivity index (χ4n) is 4.32. The van der Waals surface area contributed by atoms with Gasteiger partial charge < -0.3 is 14.2 Å². The third-order valence-electron chi connectivity index (χ3n) is 5.86. The molecule has 2 aliphatic rings.